The fraction of sp³-hybridized carbons (Fsp3) is 0.875. The van der Waals surface area contributed by atoms with Gasteiger partial charge in [-0.3, -0.25) is 9.80 Å². The Hall–Kier alpha value is -0.390. The lowest BCUT2D eigenvalue weighted by Gasteiger charge is -2.48. The van der Waals surface area contributed by atoms with E-state index in [9.17, 15) is 0 Å². The normalized spacial score (nSPS) is 21.5. The van der Waals surface area contributed by atoms with Crippen LogP contribution in [0.3, 0.4) is 0 Å². The fourth-order valence-electron chi connectivity index (χ4n) is 1.60. The summed E-state index contributed by atoms with van der Waals surface area (Å²) < 4.78 is 0. The number of likely N-dealkylation sites (N-methyl/N-ethyl adjacent to an activating group) is 2. The molecule has 0 aromatic rings. The first-order chi connectivity index (χ1) is 5.99. The quantitative estimate of drug-likeness (QED) is 0.456. The topological polar surface area (TPSA) is 30.5 Å². The molecule has 1 fully saturated rings. The number of hydrogen-bond acceptors (Lipinski definition) is 3. The zero-order valence-electron chi connectivity index (χ0n) is 8.72. The molecule has 0 aliphatic carbocycles. The van der Waals surface area contributed by atoms with Crippen molar-refractivity contribution >= 4 is 17.3 Å². The van der Waals surface area contributed by atoms with Gasteiger partial charge >= 0.3 is 0 Å². The van der Waals surface area contributed by atoms with Crippen LogP contribution in [0.4, 0.5) is 0 Å². The number of nitrogens with one attached hydrogen (secondary N) is 2. The van der Waals surface area contributed by atoms with Crippen molar-refractivity contribution in [2.45, 2.75) is 5.66 Å². The Bertz CT molecular complexity index is 182. The number of thiocarbonyl (C=S) groups is 1. The van der Waals surface area contributed by atoms with Gasteiger partial charge in [-0.2, -0.15) is 0 Å². The summed E-state index contributed by atoms with van der Waals surface area (Å²) in [4.78, 5) is 4.41. The van der Waals surface area contributed by atoms with Crippen molar-refractivity contribution in [2.75, 3.05) is 41.3 Å². The van der Waals surface area contributed by atoms with E-state index in [0.717, 1.165) is 18.2 Å². The van der Waals surface area contributed by atoms with E-state index < -0.39 is 0 Å². The highest BCUT2D eigenvalue weighted by Crippen LogP contribution is 2.15. The molecule has 1 saturated heterocycles. The lowest BCUT2D eigenvalue weighted by atomic mass is 10.1. The number of rotatable bonds is 2. The molecule has 0 unspecified atom stereocenters. The van der Waals surface area contributed by atoms with Crippen LogP contribution >= 0.6 is 12.2 Å². The Morgan fingerprint density at radius 3 is 1.77 bits per heavy atom. The van der Waals surface area contributed by atoms with E-state index in [1.54, 1.807) is 0 Å². The molecular weight excluding hydrogens is 184 g/mol. The third-order valence-electron chi connectivity index (χ3n) is 2.73. The SMILES string of the molecule is CN(C)C1(N(C)C)CNC(=S)NC1. The van der Waals surface area contributed by atoms with Crippen molar-refractivity contribution in [3.8, 4) is 0 Å². The molecule has 0 saturated carbocycles. The van der Waals surface area contributed by atoms with Crippen LogP contribution in [0, 0.1) is 0 Å². The van der Waals surface area contributed by atoms with E-state index in [1.807, 2.05) is 0 Å². The van der Waals surface area contributed by atoms with Gasteiger partial charge in [-0.1, -0.05) is 0 Å². The molecule has 0 amide bonds. The zero-order valence-corrected chi connectivity index (χ0v) is 9.53. The molecule has 0 bridgehead atoms. The van der Waals surface area contributed by atoms with Crippen LogP contribution in [-0.2, 0) is 0 Å². The minimum atomic E-state index is 0.0162. The summed E-state index contributed by atoms with van der Waals surface area (Å²) in [5, 5.41) is 7.09. The Morgan fingerprint density at radius 2 is 1.46 bits per heavy atom. The summed E-state index contributed by atoms with van der Waals surface area (Å²) in [6, 6.07) is 0. The van der Waals surface area contributed by atoms with E-state index in [4.69, 9.17) is 12.2 Å². The summed E-state index contributed by atoms with van der Waals surface area (Å²) in [5.74, 6) is 0. The summed E-state index contributed by atoms with van der Waals surface area (Å²) in [5.41, 5.74) is 0.0162. The molecule has 13 heavy (non-hydrogen) atoms. The highest BCUT2D eigenvalue weighted by Gasteiger charge is 2.37. The second kappa shape index (κ2) is 3.77. The molecule has 0 spiro atoms. The lowest BCUT2D eigenvalue weighted by Crippen LogP contribution is -2.71. The molecule has 1 aliphatic rings. The third-order valence-corrected chi connectivity index (χ3v) is 3.02. The highest BCUT2D eigenvalue weighted by atomic mass is 32.1. The Labute approximate surface area is 85.3 Å². The van der Waals surface area contributed by atoms with Crippen LogP contribution in [0.15, 0.2) is 0 Å². The van der Waals surface area contributed by atoms with Crippen LogP contribution in [-0.4, -0.2) is 61.9 Å². The molecule has 2 N–H and O–H groups in total. The van der Waals surface area contributed by atoms with Crippen molar-refractivity contribution in [3.05, 3.63) is 0 Å². The largest absolute Gasteiger partial charge is 0.359 e. The van der Waals surface area contributed by atoms with Gasteiger partial charge in [0.25, 0.3) is 0 Å². The van der Waals surface area contributed by atoms with Crippen LogP contribution < -0.4 is 10.6 Å². The molecule has 0 aromatic carbocycles. The predicted molar refractivity (Wildman–Crippen MR) is 58.7 cm³/mol. The monoisotopic (exact) mass is 202 g/mol. The smallest absolute Gasteiger partial charge is 0.166 e. The van der Waals surface area contributed by atoms with E-state index in [0.29, 0.717) is 0 Å². The average molecular weight is 202 g/mol. The van der Waals surface area contributed by atoms with Crippen LogP contribution in [0.1, 0.15) is 0 Å². The van der Waals surface area contributed by atoms with Gasteiger partial charge in [0.05, 0.1) is 13.1 Å². The fourth-order valence-corrected chi connectivity index (χ4v) is 1.75. The average Bonchev–Trinajstić information content (AvgIpc) is 2.04. The van der Waals surface area contributed by atoms with Crippen molar-refractivity contribution < 1.29 is 0 Å². The Kier molecular flexibility index (Phi) is 3.10. The number of hydrogen-bond donors (Lipinski definition) is 2. The van der Waals surface area contributed by atoms with Gasteiger partial charge in [0.1, 0.15) is 5.66 Å². The van der Waals surface area contributed by atoms with Crippen LogP contribution in [0.2, 0.25) is 0 Å². The second-order valence-corrected chi connectivity index (χ2v) is 4.22. The van der Waals surface area contributed by atoms with E-state index in [2.05, 4.69) is 48.6 Å². The third kappa shape index (κ3) is 1.92. The molecule has 0 atom stereocenters. The molecule has 5 heteroatoms. The van der Waals surface area contributed by atoms with Crippen LogP contribution in [0.25, 0.3) is 0 Å². The molecule has 0 radical (unpaired) electrons. The van der Waals surface area contributed by atoms with Gasteiger partial charge in [0.15, 0.2) is 5.11 Å². The minimum Gasteiger partial charge on any atom is -0.359 e. The second-order valence-electron chi connectivity index (χ2n) is 3.81. The maximum Gasteiger partial charge on any atom is 0.166 e. The molecule has 76 valence electrons. The maximum atomic E-state index is 5.02. The van der Waals surface area contributed by atoms with Crippen molar-refractivity contribution in [1.29, 1.82) is 0 Å². The first-order valence-corrected chi connectivity index (χ1v) is 4.76. The first kappa shape index (κ1) is 10.7. The van der Waals surface area contributed by atoms with E-state index in [-0.39, 0.29) is 5.66 Å². The molecule has 1 aliphatic heterocycles. The Balaban J connectivity index is 2.75. The first-order valence-electron chi connectivity index (χ1n) is 4.35. The van der Waals surface area contributed by atoms with Crippen LogP contribution in [0.5, 0.6) is 0 Å². The number of nitrogens with zero attached hydrogens (tertiary/aromatic N) is 2. The van der Waals surface area contributed by atoms with E-state index in [1.165, 1.54) is 0 Å². The van der Waals surface area contributed by atoms with Crippen molar-refractivity contribution in [3.63, 3.8) is 0 Å². The van der Waals surface area contributed by atoms with Crippen molar-refractivity contribution in [1.82, 2.24) is 20.4 Å². The summed E-state index contributed by atoms with van der Waals surface area (Å²) in [6.07, 6.45) is 0. The van der Waals surface area contributed by atoms with E-state index >= 15 is 0 Å². The molecule has 1 heterocycles. The lowest BCUT2D eigenvalue weighted by molar-refractivity contribution is 0.00656. The maximum absolute atomic E-state index is 5.02. The van der Waals surface area contributed by atoms with Gasteiger partial charge in [-0.05, 0) is 40.4 Å². The molecular formula is C8H18N4S. The van der Waals surface area contributed by atoms with Gasteiger partial charge in [0, 0.05) is 0 Å². The molecule has 1 rings (SSSR count). The predicted octanol–water partition coefficient (Wildman–Crippen LogP) is -0.716. The molecule has 4 nitrogen and oxygen atoms in total. The zero-order chi connectivity index (χ0) is 10.1. The highest BCUT2D eigenvalue weighted by molar-refractivity contribution is 7.80. The van der Waals surface area contributed by atoms with Crippen molar-refractivity contribution in [2.24, 2.45) is 0 Å². The standard InChI is InChI=1S/C8H18N4S/c1-11(2)8(12(3)4)5-9-7(13)10-6-8/h5-6H2,1-4H3,(H2,9,10,13). The van der Waals surface area contributed by atoms with Gasteiger partial charge in [-0.15, -0.1) is 0 Å². The summed E-state index contributed by atoms with van der Waals surface area (Å²) >= 11 is 5.02. The molecule has 0 aromatic heterocycles. The minimum absolute atomic E-state index is 0.0162. The van der Waals surface area contributed by atoms with Gasteiger partial charge < -0.3 is 10.6 Å². The van der Waals surface area contributed by atoms with Gasteiger partial charge in [-0.25, -0.2) is 0 Å². The Morgan fingerprint density at radius 1 is 1.08 bits per heavy atom. The summed E-state index contributed by atoms with van der Waals surface area (Å²) in [7, 11) is 8.32. The summed E-state index contributed by atoms with van der Waals surface area (Å²) in [6.45, 7) is 1.72. The van der Waals surface area contributed by atoms with Gasteiger partial charge in [0.2, 0.25) is 0 Å².